The first kappa shape index (κ1) is 19.9. The predicted octanol–water partition coefficient (Wildman–Crippen LogP) is 2.95. The van der Waals surface area contributed by atoms with Gasteiger partial charge in [-0.05, 0) is 60.6 Å². The highest BCUT2D eigenvalue weighted by atomic mass is 32.1. The van der Waals surface area contributed by atoms with Crippen molar-refractivity contribution in [3.05, 3.63) is 53.3 Å². The van der Waals surface area contributed by atoms with Gasteiger partial charge >= 0.3 is 0 Å². The average molecular weight is 411 g/mol. The van der Waals surface area contributed by atoms with Crippen LogP contribution in [0.15, 0.2) is 36.5 Å². The van der Waals surface area contributed by atoms with Crippen LogP contribution in [-0.2, 0) is 13.5 Å². The Morgan fingerprint density at radius 2 is 2.07 bits per heavy atom. The Kier molecular flexibility index (Phi) is 5.36. The molecule has 7 heteroatoms. The molecule has 2 fully saturated rings. The van der Waals surface area contributed by atoms with Crippen molar-refractivity contribution < 1.29 is 9.90 Å². The van der Waals surface area contributed by atoms with Gasteiger partial charge in [0, 0.05) is 38.1 Å². The molecule has 1 atom stereocenters. The van der Waals surface area contributed by atoms with Crippen LogP contribution in [0.2, 0.25) is 0 Å². The normalized spacial score (nSPS) is 18.8. The van der Waals surface area contributed by atoms with Gasteiger partial charge in [-0.15, -0.1) is 0 Å². The molecule has 1 saturated carbocycles. The molecule has 2 aromatic heterocycles. The van der Waals surface area contributed by atoms with Gasteiger partial charge in [0.05, 0.1) is 11.6 Å². The molecule has 0 amide bonds. The summed E-state index contributed by atoms with van der Waals surface area (Å²) in [5, 5.41) is 15.4. The number of β-amino-alcohol motifs (C(OH)–C–C–N with tert-alkyl or cyclic N) is 1. The van der Waals surface area contributed by atoms with E-state index in [-0.39, 0.29) is 25.4 Å². The van der Waals surface area contributed by atoms with Crippen LogP contribution in [0.5, 0.6) is 0 Å². The molecule has 3 aromatic rings. The number of anilines is 1. The Morgan fingerprint density at radius 1 is 1.24 bits per heavy atom. The highest BCUT2D eigenvalue weighted by Crippen LogP contribution is 2.43. The fourth-order valence-electron chi connectivity index (χ4n) is 4.15. The Labute approximate surface area is 177 Å². The van der Waals surface area contributed by atoms with Crippen molar-refractivity contribution in [1.29, 1.82) is 0 Å². The molecule has 5 rings (SSSR count). The molecule has 1 aromatic carbocycles. The Bertz CT molecular complexity index is 1060. The first-order chi connectivity index (χ1) is 13.6. The molecular formula is C22H26N4O2S. The number of aromatic nitrogens is 3. The molecule has 2 aliphatic rings. The highest BCUT2D eigenvalue weighted by Gasteiger charge is 2.28. The van der Waals surface area contributed by atoms with Gasteiger partial charge in [-0.1, -0.05) is 6.07 Å². The zero-order valence-corrected chi connectivity index (χ0v) is 17.5. The fourth-order valence-corrected chi connectivity index (χ4v) is 4.15. The number of hydrogen-bond donors (Lipinski definition) is 1. The number of fused-ring (bicyclic) bond motifs is 1. The summed E-state index contributed by atoms with van der Waals surface area (Å²) in [5.41, 5.74) is 3.84. The molecule has 29 heavy (non-hydrogen) atoms. The lowest BCUT2D eigenvalue weighted by Gasteiger charge is -2.17. The summed E-state index contributed by atoms with van der Waals surface area (Å²) in [5.74, 6) is 1.36. The summed E-state index contributed by atoms with van der Waals surface area (Å²) in [4.78, 5) is 19.7. The van der Waals surface area contributed by atoms with Gasteiger partial charge in [0.1, 0.15) is 11.5 Å². The number of carbonyl (C=O) groups excluding carboxylic acids is 1. The summed E-state index contributed by atoms with van der Waals surface area (Å²) in [7, 11) is 1.92. The number of benzene rings is 1. The fraction of sp³-hybridized carbons (Fsp3) is 0.409. The van der Waals surface area contributed by atoms with Gasteiger partial charge in [-0.2, -0.15) is 18.6 Å². The topological polar surface area (TPSA) is 71.2 Å². The maximum absolute atomic E-state index is 13.0. The van der Waals surface area contributed by atoms with Crippen molar-refractivity contribution >= 4 is 36.0 Å². The van der Waals surface area contributed by atoms with E-state index in [0.29, 0.717) is 24.6 Å². The second-order valence-corrected chi connectivity index (χ2v) is 8.06. The van der Waals surface area contributed by atoms with E-state index in [1.807, 2.05) is 35.0 Å². The number of aliphatic hydroxyl groups is 1. The first-order valence-corrected chi connectivity index (χ1v) is 9.96. The van der Waals surface area contributed by atoms with E-state index in [2.05, 4.69) is 22.2 Å². The zero-order valence-electron chi connectivity index (χ0n) is 16.5. The average Bonchev–Trinajstić information content (AvgIpc) is 3.33. The third-order valence-electron chi connectivity index (χ3n) is 5.76. The Balaban J connectivity index is 0.00000205. The van der Waals surface area contributed by atoms with E-state index < -0.39 is 0 Å². The lowest BCUT2D eigenvalue weighted by molar-refractivity contribution is 0.0988. The second-order valence-electron chi connectivity index (χ2n) is 8.06. The van der Waals surface area contributed by atoms with Crippen LogP contribution in [0.1, 0.15) is 46.8 Å². The summed E-state index contributed by atoms with van der Waals surface area (Å²) in [6, 6.07) is 9.86. The van der Waals surface area contributed by atoms with Gasteiger partial charge in [0.25, 0.3) is 0 Å². The number of carbonyl (C=O) groups is 1. The molecule has 3 heterocycles. The van der Waals surface area contributed by atoms with Gasteiger partial charge in [-0.3, -0.25) is 9.48 Å². The number of aryl methyl sites for hydroxylation is 1. The van der Waals surface area contributed by atoms with Gasteiger partial charge < -0.3 is 10.0 Å². The third kappa shape index (κ3) is 4.02. The van der Waals surface area contributed by atoms with E-state index >= 15 is 0 Å². The van der Waals surface area contributed by atoms with Crippen molar-refractivity contribution in [2.45, 2.75) is 37.7 Å². The van der Waals surface area contributed by atoms with Crippen LogP contribution >= 0.6 is 13.5 Å². The summed E-state index contributed by atoms with van der Waals surface area (Å²) < 4.78 is 1.82. The molecular weight excluding hydrogens is 384 g/mol. The number of nitrogens with zero attached hydrogens (tertiary/aromatic N) is 4. The SMILES string of the molecule is Cn1cc2cc(CC(=O)c3cccc(N4CC[C@H](O)C4)n3)c(C3CC3)cc2n1.S. The summed E-state index contributed by atoms with van der Waals surface area (Å²) in [6.07, 6.45) is 5.16. The maximum Gasteiger partial charge on any atom is 0.185 e. The monoisotopic (exact) mass is 410 g/mol. The van der Waals surface area contributed by atoms with E-state index in [0.717, 1.165) is 35.2 Å². The molecule has 0 bridgehead atoms. The van der Waals surface area contributed by atoms with Crippen LogP contribution in [-0.4, -0.2) is 44.8 Å². The minimum absolute atomic E-state index is 0. The molecule has 1 aliphatic heterocycles. The van der Waals surface area contributed by atoms with Crippen molar-refractivity contribution in [2.24, 2.45) is 7.05 Å². The van der Waals surface area contributed by atoms with Gasteiger partial charge in [-0.25, -0.2) is 4.98 Å². The van der Waals surface area contributed by atoms with E-state index in [9.17, 15) is 9.90 Å². The molecule has 1 aliphatic carbocycles. The van der Waals surface area contributed by atoms with Crippen molar-refractivity contribution in [2.75, 3.05) is 18.0 Å². The van der Waals surface area contributed by atoms with Crippen molar-refractivity contribution in [3.8, 4) is 0 Å². The number of aliphatic hydroxyl groups excluding tert-OH is 1. The van der Waals surface area contributed by atoms with Crippen LogP contribution in [0, 0.1) is 0 Å². The standard InChI is InChI=1S/C22H24N4O2.H2S/c1-25-12-16-9-15(18(14-5-6-14)11-20(16)24-25)10-21(28)19-3-2-4-22(23-19)26-8-7-17(27)13-26;/h2-4,9,11-12,14,17,27H,5-8,10,13H2,1H3;1H2/t17-;/m0./s1. The molecule has 0 unspecified atom stereocenters. The molecule has 0 radical (unpaired) electrons. The number of hydrogen-bond acceptors (Lipinski definition) is 5. The lowest BCUT2D eigenvalue weighted by Crippen LogP contribution is -2.23. The number of pyridine rings is 1. The largest absolute Gasteiger partial charge is 0.391 e. The van der Waals surface area contributed by atoms with E-state index in [4.69, 9.17) is 0 Å². The maximum atomic E-state index is 13.0. The molecule has 1 N–H and O–H groups in total. The zero-order chi connectivity index (χ0) is 19.3. The van der Waals surface area contributed by atoms with Crippen LogP contribution in [0.4, 0.5) is 5.82 Å². The summed E-state index contributed by atoms with van der Waals surface area (Å²) in [6.45, 7) is 1.35. The van der Waals surface area contributed by atoms with E-state index in [1.165, 1.54) is 18.4 Å². The quantitative estimate of drug-likeness (QED) is 0.655. The highest BCUT2D eigenvalue weighted by molar-refractivity contribution is 7.59. The van der Waals surface area contributed by atoms with Crippen LogP contribution in [0.25, 0.3) is 10.9 Å². The Hall–Kier alpha value is -2.38. The first-order valence-electron chi connectivity index (χ1n) is 9.96. The predicted molar refractivity (Wildman–Crippen MR) is 118 cm³/mol. The minimum Gasteiger partial charge on any atom is -0.391 e. The smallest absolute Gasteiger partial charge is 0.185 e. The molecule has 152 valence electrons. The molecule has 0 spiro atoms. The minimum atomic E-state index is -0.312. The lowest BCUT2D eigenvalue weighted by atomic mass is 9.96. The Morgan fingerprint density at radius 3 is 2.79 bits per heavy atom. The summed E-state index contributed by atoms with van der Waals surface area (Å²) >= 11 is 0. The van der Waals surface area contributed by atoms with Crippen molar-refractivity contribution in [1.82, 2.24) is 14.8 Å². The van der Waals surface area contributed by atoms with Gasteiger partial charge in [0.15, 0.2) is 5.78 Å². The number of rotatable bonds is 5. The van der Waals surface area contributed by atoms with Crippen molar-refractivity contribution in [3.63, 3.8) is 0 Å². The number of ketones is 1. The molecule has 6 nitrogen and oxygen atoms in total. The van der Waals surface area contributed by atoms with E-state index in [1.54, 1.807) is 6.07 Å². The van der Waals surface area contributed by atoms with Crippen LogP contribution in [0.3, 0.4) is 0 Å². The molecule has 1 saturated heterocycles. The second kappa shape index (κ2) is 7.80. The van der Waals surface area contributed by atoms with Gasteiger partial charge in [0.2, 0.25) is 0 Å². The number of Topliss-reactive ketones (excluding diaryl/α,β-unsaturated/α-hetero) is 1. The van der Waals surface area contributed by atoms with Crippen LogP contribution < -0.4 is 4.90 Å². The third-order valence-corrected chi connectivity index (χ3v) is 5.76.